The molecule has 6 heteroatoms. The fraction of sp³-hybridized carbons (Fsp3) is 0.600. The van der Waals surface area contributed by atoms with Gasteiger partial charge in [0.1, 0.15) is 32.3 Å². The van der Waals surface area contributed by atoms with Crippen LogP contribution in [0.4, 0.5) is 0 Å². The second kappa shape index (κ2) is 20.7. The zero-order valence-electron chi connectivity index (χ0n) is 46.1. The molecule has 0 aliphatic carbocycles. The minimum Gasteiger partial charge on any atom is -0.285 e. The lowest BCUT2D eigenvalue weighted by Crippen LogP contribution is -2.43. The van der Waals surface area contributed by atoms with Gasteiger partial charge in [0.25, 0.3) is 0 Å². The fourth-order valence-corrected chi connectivity index (χ4v) is 34.8. The van der Waals surface area contributed by atoms with Crippen LogP contribution >= 0.6 is 0 Å². The van der Waals surface area contributed by atoms with Gasteiger partial charge in [-0.3, -0.25) is 9.59 Å². The first-order chi connectivity index (χ1) is 30.5. The highest BCUT2D eigenvalue weighted by molar-refractivity contribution is 6.92. The molecule has 0 aliphatic rings. The Hall–Kier alpha value is -3.37. The maximum absolute atomic E-state index is 14.8. The molecule has 0 heterocycles. The molecule has 0 aromatic heterocycles. The zero-order valence-corrected chi connectivity index (χ0v) is 50.1. The Balaban J connectivity index is 2.54. The van der Waals surface area contributed by atoms with Gasteiger partial charge in [-0.15, -0.1) is 22.2 Å². The summed E-state index contributed by atoms with van der Waals surface area (Å²) in [6, 6.07) is 8.25. The van der Waals surface area contributed by atoms with Gasteiger partial charge >= 0.3 is 0 Å². The molecule has 0 saturated heterocycles. The minimum atomic E-state index is -2.27. The Bertz CT molecular complexity index is 2490. The summed E-state index contributed by atoms with van der Waals surface area (Å²) in [7, 11) is -8.83. The van der Waals surface area contributed by atoms with Crippen molar-refractivity contribution in [1.29, 1.82) is 0 Å². The molecule has 4 rings (SSSR count). The molecule has 356 valence electrons. The number of hydrogen-bond acceptors (Lipinski definition) is 2. The molecule has 0 spiro atoms. The van der Waals surface area contributed by atoms with Crippen LogP contribution in [0.25, 0.3) is 32.3 Å². The number of rotatable bonds is 12. The van der Waals surface area contributed by atoms with Crippen LogP contribution in [0.2, 0.25) is 66.5 Å². The highest BCUT2D eigenvalue weighted by Crippen LogP contribution is 2.46. The monoisotopic (exact) mass is 953 g/mol. The first-order valence-corrected chi connectivity index (χ1v) is 34.7. The van der Waals surface area contributed by atoms with Crippen LogP contribution in [0.1, 0.15) is 188 Å². The predicted molar refractivity (Wildman–Crippen MR) is 306 cm³/mol. The molecular formula is C60H88O2Si4. The second-order valence-electron chi connectivity index (χ2n) is 23.9. The predicted octanol–water partition coefficient (Wildman–Crippen LogP) is 17.0. The molecular weight excluding hydrogens is 865 g/mol. The van der Waals surface area contributed by atoms with E-state index < -0.39 is 43.2 Å². The molecule has 0 aliphatic heterocycles. The van der Waals surface area contributed by atoms with Gasteiger partial charge in [-0.05, 0) is 90.8 Å². The van der Waals surface area contributed by atoms with Crippen molar-refractivity contribution in [3.63, 3.8) is 0 Å². The van der Waals surface area contributed by atoms with E-state index >= 15 is 0 Å². The van der Waals surface area contributed by atoms with Crippen molar-refractivity contribution in [1.82, 2.24) is 0 Å². The molecule has 0 saturated carbocycles. The third kappa shape index (κ3) is 9.25. The maximum Gasteiger partial charge on any atom is 0.234 e. The van der Waals surface area contributed by atoms with E-state index in [1.165, 1.54) is 0 Å². The summed E-state index contributed by atoms with van der Waals surface area (Å²) in [5.74, 6) is 15.4. The molecule has 0 fully saturated rings. The fourth-order valence-electron chi connectivity index (χ4n) is 13.9. The van der Waals surface area contributed by atoms with E-state index in [-0.39, 0.29) is 0 Å². The van der Waals surface area contributed by atoms with Crippen molar-refractivity contribution < 1.29 is 0 Å². The van der Waals surface area contributed by atoms with Gasteiger partial charge in [-0.1, -0.05) is 190 Å². The Labute approximate surface area is 407 Å². The van der Waals surface area contributed by atoms with Crippen LogP contribution in [0.15, 0.2) is 33.9 Å². The lowest BCUT2D eigenvalue weighted by atomic mass is 9.85. The van der Waals surface area contributed by atoms with Crippen molar-refractivity contribution in [2.24, 2.45) is 0 Å². The van der Waals surface area contributed by atoms with Crippen LogP contribution < -0.4 is 10.9 Å². The quantitative estimate of drug-likeness (QED) is 0.0614. The number of hydrogen-bond donors (Lipinski definition) is 0. The normalized spacial score (nSPS) is 13.2. The van der Waals surface area contributed by atoms with Crippen molar-refractivity contribution in [3.8, 4) is 45.9 Å². The van der Waals surface area contributed by atoms with E-state index in [2.05, 4.69) is 224 Å². The zero-order chi connectivity index (χ0) is 50.3. The standard InChI is InChI=1S/C60H88O2Si4/c1-37(2)63(38(3)4,39(5)6)29-25-49-33-53-51(27-31-65(43(13)14,44(15)16)45(17)18)52(28-32-66(46(19)20,47(21)22)48(23)24)54-34-50(26-30-64(40(7)8,41(9)10)42(11)12)36-56-58(54)57(53)55(35-49)59(61)60(56)62/h33-48H,1-24H3. The summed E-state index contributed by atoms with van der Waals surface area (Å²) in [5.41, 5.74) is 23.7. The maximum atomic E-state index is 14.8. The van der Waals surface area contributed by atoms with Crippen LogP contribution in [0.5, 0.6) is 0 Å². The minimum absolute atomic E-state index is 0.422. The first-order valence-electron chi connectivity index (χ1n) is 25.8. The lowest BCUT2D eigenvalue weighted by molar-refractivity contribution is 0.838. The van der Waals surface area contributed by atoms with Gasteiger partial charge in [-0.25, -0.2) is 0 Å². The topological polar surface area (TPSA) is 34.1 Å². The van der Waals surface area contributed by atoms with E-state index in [0.717, 1.165) is 43.8 Å². The van der Waals surface area contributed by atoms with E-state index in [9.17, 15) is 9.59 Å². The summed E-state index contributed by atoms with van der Waals surface area (Å²) in [4.78, 5) is 29.6. The molecule has 4 aromatic carbocycles. The Morgan fingerprint density at radius 3 is 0.667 bits per heavy atom. The molecule has 0 unspecified atom stereocenters. The summed E-state index contributed by atoms with van der Waals surface area (Å²) >= 11 is 0. The lowest BCUT2D eigenvalue weighted by Gasteiger charge is -2.38. The summed E-state index contributed by atoms with van der Waals surface area (Å²) in [5, 5.41) is 4.28. The third-order valence-corrected chi connectivity index (χ3v) is 42.3. The Morgan fingerprint density at radius 2 is 0.470 bits per heavy atom. The van der Waals surface area contributed by atoms with Crippen molar-refractivity contribution >= 4 is 64.6 Å². The van der Waals surface area contributed by atoms with Crippen molar-refractivity contribution in [3.05, 3.63) is 67.0 Å². The Kier molecular flexibility index (Phi) is 17.3. The van der Waals surface area contributed by atoms with Crippen molar-refractivity contribution in [2.75, 3.05) is 0 Å². The molecule has 0 atom stereocenters. The van der Waals surface area contributed by atoms with Gasteiger partial charge in [-0.2, -0.15) is 0 Å². The number of benzene rings is 4. The van der Waals surface area contributed by atoms with E-state index in [1.54, 1.807) is 0 Å². The Morgan fingerprint density at radius 1 is 0.288 bits per heavy atom. The molecule has 0 amide bonds. The van der Waals surface area contributed by atoms with Crippen molar-refractivity contribution in [2.45, 2.75) is 233 Å². The molecule has 0 N–H and O–H groups in total. The van der Waals surface area contributed by atoms with Crippen LogP contribution in [0.3, 0.4) is 0 Å². The third-order valence-electron chi connectivity index (χ3n) is 17.1. The molecule has 66 heavy (non-hydrogen) atoms. The van der Waals surface area contributed by atoms with Crippen LogP contribution in [-0.2, 0) is 0 Å². The second-order valence-corrected chi connectivity index (χ2v) is 46.2. The highest BCUT2D eigenvalue weighted by Gasteiger charge is 2.45. The average molecular weight is 954 g/mol. The molecule has 4 aromatic rings. The van der Waals surface area contributed by atoms with Crippen LogP contribution in [-0.4, -0.2) is 32.3 Å². The van der Waals surface area contributed by atoms with Gasteiger partial charge in [0.2, 0.25) is 10.9 Å². The molecule has 0 bridgehead atoms. The van der Waals surface area contributed by atoms with Gasteiger partial charge in [0.15, 0.2) is 0 Å². The summed E-state index contributed by atoms with van der Waals surface area (Å²) in [6.45, 7) is 56.3. The molecule has 0 radical (unpaired) electrons. The van der Waals surface area contributed by atoms with Gasteiger partial charge < -0.3 is 0 Å². The van der Waals surface area contributed by atoms with E-state index in [4.69, 9.17) is 0 Å². The summed E-state index contributed by atoms with van der Waals surface area (Å²) < 4.78 is 0. The van der Waals surface area contributed by atoms with Gasteiger partial charge in [0.05, 0.1) is 0 Å². The van der Waals surface area contributed by atoms with Gasteiger partial charge in [0, 0.05) is 54.6 Å². The largest absolute Gasteiger partial charge is 0.285 e. The van der Waals surface area contributed by atoms with E-state index in [1.807, 2.05) is 12.1 Å². The molecule has 2 nitrogen and oxygen atoms in total. The summed E-state index contributed by atoms with van der Waals surface area (Å²) in [6.07, 6.45) is 0. The SMILES string of the molecule is CC(C)[Si](C#Cc1cc2c(C#C[Si](C(C)C)(C(C)C)C(C)C)c(C#C[Si](C(C)C)(C(C)C)C(C)C)c3cc(C#C[Si](C(C)C)(C(C)C)C(C)C)cc4c(=O)c(=O)c(c1)c2c34)(C(C)C)C(C)C. The highest BCUT2D eigenvalue weighted by atomic mass is 28.3. The van der Waals surface area contributed by atoms with E-state index in [0.29, 0.717) is 77.3 Å². The van der Waals surface area contributed by atoms with Crippen LogP contribution in [0, 0.1) is 45.9 Å². The first kappa shape index (κ1) is 55.2. The smallest absolute Gasteiger partial charge is 0.234 e. The average Bonchev–Trinajstić information content (AvgIpc) is 3.18.